The molecule has 2 bridgehead atoms. The molecule has 2 aromatic rings. The Morgan fingerprint density at radius 2 is 1.93 bits per heavy atom. The SMILES string of the molecule is COc1cccc(CC(=O)N2CC3CC2CC3NS(=O)(=O)c2ccccc2)c1. The van der Waals surface area contributed by atoms with E-state index in [1.54, 1.807) is 37.4 Å². The molecule has 2 fully saturated rings. The molecule has 3 unspecified atom stereocenters. The second-order valence-electron chi connectivity index (χ2n) is 7.50. The Kier molecular flexibility index (Phi) is 5.12. The lowest BCUT2D eigenvalue weighted by Crippen LogP contribution is -2.48. The number of piperidine rings is 1. The highest BCUT2D eigenvalue weighted by Crippen LogP contribution is 2.38. The van der Waals surface area contributed by atoms with Crippen LogP contribution < -0.4 is 9.46 Å². The highest BCUT2D eigenvalue weighted by atomic mass is 32.2. The maximum atomic E-state index is 12.8. The van der Waals surface area contributed by atoms with Crippen molar-refractivity contribution in [2.75, 3.05) is 13.7 Å². The molecular formula is C21H24N2O4S. The van der Waals surface area contributed by atoms with Crippen molar-refractivity contribution >= 4 is 15.9 Å². The number of hydrogen-bond acceptors (Lipinski definition) is 4. The zero-order chi connectivity index (χ0) is 19.7. The lowest BCUT2D eigenvalue weighted by Gasteiger charge is -2.32. The van der Waals surface area contributed by atoms with Crippen molar-refractivity contribution in [3.05, 3.63) is 60.2 Å². The summed E-state index contributed by atoms with van der Waals surface area (Å²) in [6, 6.07) is 15.9. The third-order valence-corrected chi connectivity index (χ3v) is 7.22. The fraction of sp³-hybridized carbons (Fsp3) is 0.381. The lowest BCUT2D eigenvalue weighted by atomic mass is 10.0. The summed E-state index contributed by atoms with van der Waals surface area (Å²) in [5.41, 5.74) is 0.924. The van der Waals surface area contributed by atoms with E-state index < -0.39 is 10.0 Å². The Balaban J connectivity index is 1.38. The minimum Gasteiger partial charge on any atom is -0.497 e. The first-order valence-electron chi connectivity index (χ1n) is 9.46. The summed E-state index contributed by atoms with van der Waals surface area (Å²) >= 11 is 0. The van der Waals surface area contributed by atoms with Crippen LogP contribution in [0.3, 0.4) is 0 Å². The third kappa shape index (κ3) is 3.77. The van der Waals surface area contributed by atoms with E-state index in [9.17, 15) is 13.2 Å². The molecule has 1 heterocycles. The Bertz CT molecular complexity index is 961. The van der Waals surface area contributed by atoms with E-state index in [1.807, 2.05) is 29.2 Å². The van der Waals surface area contributed by atoms with Gasteiger partial charge in [-0.2, -0.15) is 0 Å². The lowest BCUT2D eigenvalue weighted by molar-refractivity contribution is -0.132. The van der Waals surface area contributed by atoms with Gasteiger partial charge in [-0.15, -0.1) is 0 Å². The average Bonchev–Trinajstić information content (AvgIpc) is 3.29. The first-order chi connectivity index (χ1) is 13.5. The number of nitrogens with one attached hydrogen (secondary N) is 1. The zero-order valence-electron chi connectivity index (χ0n) is 15.7. The van der Waals surface area contributed by atoms with Crippen molar-refractivity contribution in [3.63, 3.8) is 0 Å². The van der Waals surface area contributed by atoms with Crippen LogP contribution in [0.15, 0.2) is 59.5 Å². The number of ether oxygens (including phenoxy) is 1. The fourth-order valence-corrected chi connectivity index (χ4v) is 5.67. The summed E-state index contributed by atoms with van der Waals surface area (Å²) < 4.78 is 33.2. The van der Waals surface area contributed by atoms with Gasteiger partial charge in [0.2, 0.25) is 15.9 Å². The maximum absolute atomic E-state index is 12.8. The van der Waals surface area contributed by atoms with Gasteiger partial charge in [-0.05, 0) is 48.6 Å². The molecule has 1 aliphatic heterocycles. The summed E-state index contributed by atoms with van der Waals surface area (Å²) in [7, 11) is -1.92. The van der Waals surface area contributed by atoms with Crippen molar-refractivity contribution < 1.29 is 17.9 Å². The topological polar surface area (TPSA) is 75.7 Å². The molecule has 1 aliphatic carbocycles. The van der Waals surface area contributed by atoms with Crippen molar-refractivity contribution in [2.24, 2.45) is 5.92 Å². The van der Waals surface area contributed by atoms with Gasteiger partial charge in [-0.3, -0.25) is 4.79 Å². The van der Waals surface area contributed by atoms with Gasteiger partial charge in [-0.25, -0.2) is 13.1 Å². The third-order valence-electron chi connectivity index (χ3n) is 5.71. The molecule has 1 N–H and O–H groups in total. The molecule has 7 heteroatoms. The highest BCUT2D eigenvalue weighted by Gasteiger charge is 2.47. The number of fused-ring (bicyclic) bond motifs is 2. The summed E-state index contributed by atoms with van der Waals surface area (Å²) in [4.78, 5) is 15.0. The van der Waals surface area contributed by atoms with E-state index in [0.717, 1.165) is 17.7 Å². The smallest absolute Gasteiger partial charge is 0.240 e. The van der Waals surface area contributed by atoms with Crippen LogP contribution in [0.5, 0.6) is 5.75 Å². The monoisotopic (exact) mass is 400 g/mol. The number of amides is 1. The van der Waals surface area contributed by atoms with E-state index in [-0.39, 0.29) is 28.8 Å². The van der Waals surface area contributed by atoms with Crippen molar-refractivity contribution in [2.45, 2.75) is 36.2 Å². The van der Waals surface area contributed by atoms with E-state index in [2.05, 4.69) is 4.72 Å². The minimum absolute atomic E-state index is 0.0881. The molecular weight excluding hydrogens is 376 g/mol. The molecule has 3 atom stereocenters. The van der Waals surface area contributed by atoms with Gasteiger partial charge < -0.3 is 9.64 Å². The van der Waals surface area contributed by atoms with Crippen LogP contribution in [-0.2, 0) is 21.2 Å². The number of methoxy groups -OCH3 is 1. The average molecular weight is 401 g/mol. The predicted molar refractivity (Wildman–Crippen MR) is 105 cm³/mol. The number of carbonyl (C=O) groups is 1. The van der Waals surface area contributed by atoms with E-state index in [1.165, 1.54) is 0 Å². The number of sulfonamides is 1. The van der Waals surface area contributed by atoms with Gasteiger partial charge in [0.15, 0.2) is 0 Å². The standard InChI is InChI=1S/C21H24N2O4S/c1-27-18-7-5-6-15(10-18)11-21(24)23-14-16-12-17(23)13-20(16)22-28(25,26)19-8-3-2-4-9-19/h2-10,16-17,20,22H,11-14H2,1H3. The molecule has 0 aromatic heterocycles. The molecule has 28 heavy (non-hydrogen) atoms. The number of benzene rings is 2. The molecule has 0 spiro atoms. The van der Waals surface area contributed by atoms with E-state index in [0.29, 0.717) is 19.4 Å². The molecule has 0 radical (unpaired) electrons. The van der Waals surface area contributed by atoms with E-state index in [4.69, 9.17) is 4.74 Å². The van der Waals surface area contributed by atoms with Crippen LogP contribution in [0.2, 0.25) is 0 Å². The zero-order valence-corrected chi connectivity index (χ0v) is 16.6. The highest BCUT2D eigenvalue weighted by molar-refractivity contribution is 7.89. The van der Waals surface area contributed by atoms with Gasteiger partial charge in [0.1, 0.15) is 5.75 Å². The molecule has 2 aliphatic rings. The summed E-state index contributed by atoms with van der Waals surface area (Å²) in [5, 5.41) is 0. The summed E-state index contributed by atoms with van der Waals surface area (Å²) in [6.45, 7) is 0.607. The minimum atomic E-state index is -3.53. The van der Waals surface area contributed by atoms with Crippen molar-refractivity contribution in [1.29, 1.82) is 0 Å². The van der Waals surface area contributed by atoms with Crippen molar-refractivity contribution in [3.8, 4) is 5.75 Å². The molecule has 1 saturated carbocycles. The Morgan fingerprint density at radius 1 is 1.14 bits per heavy atom. The number of nitrogens with zero attached hydrogens (tertiary/aromatic N) is 1. The van der Waals surface area contributed by atoms with Crippen LogP contribution in [0.1, 0.15) is 18.4 Å². The van der Waals surface area contributed by atoms with Gasteiger partial charge in [0.05, 0.1) is 18.4 Å². The second kappa shape index (κ2) is 7.56. The van der Waals surface area contributed by atoms with E-state index >= 15 is 0 Å². The largest absolute Gasteiger partial charge is 0.497 e. The molecule has 1 amide bonds. The molecule has 1 saturated heterocycles. The van der Waals surface area contributed by atoms with Crippen LogP contribution >= 0.6 is 0 Å². The maximum Gasteiger partial charge on any atom is 0.240 e. The molecule has 4 rings (SSSR count). The van der Waals surface area contributed by atoms with Crippen LogP contribution in [0, 0.1) is 5.92 Å². The molecule has 6 nitrogen and oxygen atoms in total. The first-order valence-corrected chi connectivity index (χ1v) is 10.9. The first kappa shape index (κ1) is 19.0. The van der Waals surface area contributed by atoms with Gasteiger partial charge in [0.25, 0.3) is 0 Å². The normalized spacial score (nSPS) is 23.8. The van der Waals surface area contributed by atoms with Crippen molar-refractivity contribution in [1.82, 2.24) is 9.62 Å². The molecule has 148 valence electrons. The van der Waals surface area contributed by atoms with Gasteiger partial charge >= 0.3 is 0 Å². The second-order valence-corrected chi connectivity index (χ2v) is 9.21. The van der Waals surface area contributed by atoms with Crippen LogP contribution in [0.4, 0.5) is 0 Å². The number of carbonyl (C=O) groups excluding carboxylic acids is 1. The summed E-state index contributed by atoms with van der Waals surface area (Å²) in [5.74, 6) is 0.992. The fourth-order valence-electron chi connectivity index (χ4n) is 4.33. The Labute approximate surface area is 165 Å². The predicted octanol–water partition coefficient (Wildman–Crippen LogP) is 2.21. The summed E-state index contributed by atoms with van der Waals surface area (Å²) in [6.07, 6.45) is 1.85. The van der Waals surface area contributed by atoms with Gasteiger partial charge in [0, 0.05) is 18.6 Å². The molecule has 2 aromatic carbocycles. The number of likely N-dealkylation sites (tertiary alicyclic amines) is 1. The Morgan fingerprint density at radius 3 is 2.61 bits per heavy atom. The van der Waals surface area contributed by atoms with Crippen LogP contribution in [0.25, 0.3) is 0 Å². The van der Waals surface area contributed by atoms with Gasteiger partial charge in [-0.1, -0.05) is 30.3 Å². The number of rotatable bonds is 6. The quantitative estimate of drug-likeness (QED) is 0.807. The Hall–Kier alpha value is -2.38. The number of hydrogen-bond donors (Lipinski definition) is 1. The van der Waals surface area contributed by atoms with Crippen LogP contribution in [-0.4, -0.2) is 45.0 Å².